The Morgan fingerprint density at radius 2 is 1.64 bits per heavy atom. The van der Waals surface area contributed by atoms with Gasteiger partial charge in [0.2, 0.25) is 5.75 Å². The summed E-state index contributed by atoms with van der Waals surface area (Å²) in [5, 5.41) is 0. The number of hydrogen-bond acceptors (Lipinski definition) is 5. The van der Waals surface area contributed by atoms with E-state index >= 15 is 0 Å². The second-order valence-electron chi connectivity index (χ2n) is 5.29. The Bertz CT molecular complexity index is 704. The molecular formula is C19H21FO5. The van der Waals surface area contributed by atoms with Crippen molar-refractivity contribution in [1.29, 1.82) is 0 Å². The van der Waals surface area contributed by atoms with Gasteiger partial charge >= 0.3 is 5.97 Å². The van der Waals surface area contributed by atoms with E-state index in [4.69, 9.17) is 18.9 Å². The van der Waals surface area contributed by atoms with E-state index in [0.717, 1.165) is 5.56 Å². The maximum Gasteiger partial charge on any atom is 0.306 e. The van der Waals surface area contributed by atoms with Crippen molar-refractivity contribution >= 4 is 5.97 Å². The van der Waals surface area contributed by atoms with Crippen LogP contribution in [0.2, 0.25) is 0 Å². The summed E-state index contributed by atoms with van der Waals surface area (Å²) in [4.78, 5) is 11.9. The Morgan fingerprint density at radius 1 is 1.00 bits per heavy atom. The molecule has 0 N–H and O–H groups in total. The molecule has 0 amide bonds. The van der Waals surface area contributed by atoms with E-state index < -0.39 is 5.97 Å². The van der Waals surface area contributed by atoms with Crippen LogP contribution in [-0.4, -0.2) is 27.3 Å². The van der Waals surface area contributed by atoms with Gasteiger partial charge in [-0.15, -0.1) is 0 Å². The van der Waals surface area contributed by atoms with Gasteiger partial charge in [0.15, 0.2) is 11.5 Å². The second-order valence-corrected chi connectivity index (χ2v) is 5.29. The average molecular weight is 348 g/mol. The van der Waals surface area contributed by atoms with Gasteiger partial charge in [0.05, 0.1) is 21.3 Å². The van der Waals surface area contributed by atoms with Crippen LogP contribution in [0.4, 0.5) is 4.39 Å². The summed E-state index contributed by atoms with van der Waals surface area (Å²) in [5.41, 5.74) is 1.20. The third-order valence-electron chi connectivity index (χ3n) is 3.69. The first-order valence-electron chi connectivity index (χ1n) is 7.77. The third kappa shape index (κ3) is 4.86. The highest BCUT2D eigenvalue weighted by molar-refractivity contribution is 5.70. The number of halogens is 1. The minimum atomic E-state index is -0.406. The highest BCUT2D eigenvalue weighted by atomic mass is 19.1. The van der Waals surface area contributed by atoms with E-state index in [9.17, 15) is 9.18 Å². The van der Waals surface area contributed by atoms with Gasteiger partial charge in [0, 0.05) is 12.0 Å². The summed E-state index contributed by atoms with van der Waals surface area (Å²) in [7, 11) is 4.59. The lowest BCUT2D eigenvalue weighted by molar-refractivity contribution is -0.144. The lowest BCUT2D eigenvalue weighted by atomic mass is 10.1. The normalized spacial score (nSPS) is 10.2. The predicted molar refractivity (Wildman–Crippen MR) is 90.6 cm³/mol. The van der Waals surface area contributed by atoms with E-state index in [1.165, 1.54) is 27.4 Å². The molecule has 25 heavy (non-hydrogen) atoms. The molecular weight excluding hydrogens is 327 g/mol. The molecule has 0 saturated heterocycles. The average Bonchev–Trinajstić information content (AvgIpc) is 2.64. The molecule has 0 unspecified atom stereocenters. The Kier molecular flexibility index (Phi) is 6.62. The Labute approximate surface area is 146 Å². The summed E-state index contributed by atoms with van der Waals surface area (Å²) < 4.78 is 34.4. The molecule has 0 bridgehead atoms. The van der Waals surface area contributed by atoms with Crippen LogP contribution in [0, 0.1) is 5.82 Å². The maximum absolute atomic E-state index is 13.5. The van der Waals surface area contributed by atoms with Crippen molar-refractivity contribution in [3.8, 4) is 17.2 Å². The number of benzene rings is 2. The van der Waals surface area contributed by atoms with Crippen molar-refractivity contribution < 1.29 is 28.1 Å². The topological polar surface area (TPSA) is 54.0 Å². The Hall–Kier alpha value is -2.76. The molecule has 134 valence electrons. The SMILES string of the molecule is COc1cc(CCC(=O)OCc2ccccc2F)cc(OC)c1OC. The number of methoxy groups -OCH3 is 3. The minimum absolute atomic E-state index is 0.0826. The highest BCUT2D eigenvalue weighted by Gasteiger charge is 2.14. The van der Waals surface area contributed by atoms with E-state index in [-0.39, 0.29) is 18.8 Å². The fourth-order valence-electron chi connectivity index (χ4n) is 2.37. The van der Waals surface area contributed by atoms with Crippen molar-refractivity contribution in [3.63, 3.8) is 0 Å². The second kappa shape index (κ2) is 8.92. The first kappa shape index (κ1) is 18.6. The first-order valence-corrected chi connectivity index (χ1v) is 7.77. The number of hydrogen-bond donors (Lipinski definition) is 0. The quantitative estimate of drug-likeness (QED) is 0.683. The number of carbonyl (C=O) groups excluding carboxylic acids is 1. The van der Waals surface area contributed by atoms with Crippen LogP contribution >= 0.6 is 0 Å². The molecule has 0 aliphatic carbocycles. The monoisotopic (exact) mass is 348 g/mol. The number of esters is 1. The van der Waals surface area contributed by atoms with Crippen LogP contribution in [0.1, 0.15) is 17.5 Å². The molecule has 0 spiro atoms. The molecule has 6 heteroatoms. The van der Waals surface area contributed by atoms with E-state index in [0.29, 0.717) is 29.2 Å². The molecule has 5 nitrogen and oxygen atoms in total. The molecule has 0 aromatic heterocycles. The third-order valence-corrected chi connectivity index (χ3v) is 3.69. The maximum atomic E-state index is 13.5. The molecule has 2 aromatic carbocycles. The van der Waals surface area contributed by atoms with Crippen molar-refractivity contribution in [1.82, 2.24) is 0 Å². The molecule has 0 aliphatic rings. The smallest absolute Gasteiger partial charge is 0.306 e. The largest absolute Gasteiger partial charge is 0.493 e. The summed E-state index contributed by atoms with van der Waals surface area (Å²) in [6.45, 7) is -0.0826. The molecule has 0 saturated carbocycles. The zero-order chi connectivity index (χ0) is 18.2. The number of carbonyl (C=O) groups is 1. The summed E-state index contributed by atoms with van der Waals surface area (Å²) in [6, 6.07) is 9.77. The molecule has 2 aromatic rings. The lowest BCUT2D eigenvalue weighted by Crippen LogP contribution is -2.07. The van der Waals surface area contributed by atoms with E-state index in [2.05, 4.69) is 0 Å². The van der Waals surface area contributed by atoms with E-state index in [1.807, 2.05) is 0 Å². The Balaban J connectivity index is 1.96. The number of aryl methyl sites for hydroxylation is 1. The van der Waals surface area contributed by atoms with Gasteiger partial charge in [-0.2, -0.15) is 0 Å². The first-order chi connectivity index (χ1) is 12.1. The van der Waals surface area contributed by atoms with Crippen LogP contribution in [0.5, 0.6) is 17.2 Å². The summed E-state index contributed by atoms with van der Waals surface area (Å²) >= 11 is 0. The fraction of sp³-hybridized carbons (Fsp3) is 0.316. The number of rotatable bonds is 8. The zero-order valence-corrected chi connectivity index (χ0v) is 14.5. The van der Waals surface area contributed by atoms with Gasteiger partial charge in [0.25, 0.3) is 0 Å². The molecule has 0 fully saturated rings. The van der Waals surface area contributed by atoms with Crippen LogP contribution in [0.15, 0.2) is 36.4 Å². The van der Waals surface area contributed by atoms with Crippen molar-refractivity contribution in [2.75, 3.05) is 21.3 Å². The Morgan fingerprint density at radius 3 is 2.20 bits per heavy atom. The predicted octanol–water partition coefficient (Wildman–Crippen LogP) is 3.53. The van der Waals surface area contributed by atoms with Crippen LogP contribution in [0.25, 0.3) is 0 Å². The van der Waals surface area contributed by atoms with Gasteiger partial charge in [-0.05, 0) is 30.2 Å². The molecule has 0 radical (unpaired) electrons. The molecule has 0 heterocycles. The van der Waals surface area contributed by atoms with E-state index in [1.54, 1.807) is 30.3 Å². The number of ether oxygens (including phenoxy) is 4. The fourth-order valence-corrected chi connectivity index (χ4v) is 2.37. The molecule has 2 rings (SSSR count). The van der Waals surface area contributed by atoms with Gasteiger partial charge in [-0.3, -0.25) is 4.79 Å². The molecule has 0 aliphatic heterocycles. The summed E-state index contributed by atoms with van der Waals surface area (Å²) in [5.74, 6) is 0.751. The highest BCUT2D eigenvalue weighted by Crippen LogP contribution is 2.38. The summed E-state index contributed by atoms with van der Waals surface area (Å²) in [6.07, 6.45) is 0.597. The molecule has 0 atom stereocenters. The van der Waals surface area contributed by atoms with Crippen LogP contribution in [-0.2, 0) is 22.6 Å². The van der Waals surface area contributed by atoms with Crippen molar-refractivity contribution in [2.24, 2.45) is 0 Å². The lowest BCUT2D eigenvalue weighted by Gasteiger charge is -2.14. The minimum Gasteiger partial charge on any atom is -0.493 e. The van der Waals surface area contributed by atoms with Gasteiger partial charge in [-0.1, -0.05) is 18.2 Å². The van der Waals surface area contributed by atoms with Crippen LogP contribution in [0.3, 0.4) is 0 Å². The zero-order valence-electron chi connectivity index (χ0n) is 14.5. The van der Waals surface area contributed by atoms with Gasteiger partial charge in [-0.25, -0.2) is 4.39 Å². The van der Waals surface area contributed by atoms with Crippen LogP contribution < -0.4 is 14.2 Å². The van der Waals surface area contributed by atoms with Crippen molar-refractivity contribution in [2.45, 2.75) is 19.4 Å². The standard InChI is InChI=1S/C19H21FO5/c1-22-16-10-13(11-17(23-2)19(16)24-3)8-9-18(21)25-12-14-6-4-5-7-15(14)20/h4-7,10-11H,8-9,12H2,1-3H3. The van der Waals surface area contributed by atoms with Gasteiger partial charge in [0.1, 0.15) is 12.4 Å². The van der Waals surface area contributed by atoms with Gasteiger partial charge < -0.3 is 18.9 Å². The van der Waals surface area contributed by atoms with Crippen molar-refractivity contribution in [3.05, 3.63) is 53.3 Å².